The van der Waals surface area contributed by atoms with Gasteiger partial charge in [-0.1, -0.05) is 6.92 Å². The van der Waals surface area contributed by atoms with Crippen LogP contribution in [0.15, 0.2) is 23.7 Å². The van der Waals surface area contributed by atoms with E-state index in [2.05, 4.69) is 21.7 Å². The molecule has 0 bridgehead atoms. The number of aryl methyl sites for hydroxylation is 2. The van der Waals surface area contributed by atoms with E-state index < -0.39 is 15.9 Å². The molecule has 0 saturated heterocycles. The molecule has 0 aromatic carbocycles. The van der Waals surface area contributed by atoms with E-state index in [0.717, 1.165) is 18.7 Å². The van der Waals surface area contributed by atoms with Crippen LogP contribution in [0.25, 0.3) is 0 Å². The van der Waals surface area contributed by atoms with Crippen molar-refractivity contribution < 1.29 is 13.2 Å². The van der Waals surface area contributed by atoms with Crippen LogP contribution in [0, 0.1) is 5.92 Å². The zero-order valence-corrected chi connectivity index (χ0v) is 13.2. The second-order valence-corrected chi connectivity index (χ2v) is 7.27. The first-order valence-corrected chi connectivity index (χ1v) is 8.45. The van der Waals surface area contributed by atoms with Gasteiger partial charge in [0.15, 0.2) is 5.03 Å². The van der Waals surface area contributed by atoms with Crippen LogP contribution in [0.3, 0.4) is 0 Å². The van der Waals surface area contributed by atoms with E-state index in [1.54, 1.807) is 11.7 Å². The molecule has 1 atom stereocenters. The second-order valence-electron chi connectivity index (χ2n) is 5.64. The predicted octanol–water partition coefficient (Wildman–Crippen LogP) is 0.318. The standard InChI is InChI=1S/C13H17N5O3S/c1-9-3-4-18-11(5-9)10(6-15-18)13(19)16-22(20,21)12-7-17(2)8-14-12/h6-9H,3-5H2,1-2H3,(H,16,19). The van der Waals surface area contributed by atoms with Gasteiger partial charge in [-0.15, -0.1) is 0 Å². The summed E-state index contributed by atoms with van der Waals surface area (Å²) >= 11 is 0. The lowest BCUT2D eigenvalue weighted by Crippen LogP contribution is -2.32. The minimum Gasteiger partial charge on any atom is -0.339 e. The minimum absolute atomic E-state index is 0.183. The number of hydrogen-bond donors (Lipinski definition) is 1. The van der Waals surface area contributed by atoms with Crippen LogP contribution in [0.4, 0.5) is 0 Å². The van der Waals surface area contributed by atoms with Gasteiger partial charge in [0.1, 0.15) is 0 Å². The number of amides is 1. The number of carbonyl (C=O) groups is 1. The first-order valence-electron chi connectivity index (χ1n) is 6.96. The number of fused-ring (bicyclic) bond motifs is 1. The van der Waals surface area contributed by atoms with Crippen molar-refractivity contribution in [2.75, 3.05) is 0 Å². The lowest BCUT2D eigenvalue weighted by atomic mass is 9.96. The Labute approximate surface area is 128 Å². The number of sulfonamides is 1. The van der Waals surface area contributed by atoms with Crippen molar-refractivity contribution >= 4 is 15.9 Å². The fourth-order valence-electron chi connectivity index (χ4n) is 2.54. The van der Waals surface area contributed by atoms with Crippen LogP contribution in [0.5, 0.6) is 0 Å². The van der Waals surface area contributed by atoms with Crippen LogP contribution in [-0.2, 0) is 30.0 Å². The SMILES string of the molecule is CC1CCn2ncc(C(=O)NS(=O)(=O)c3cn(C)cn3)c2C1. The van der Waals surface area contributed by atoms with Crippen molar-refractivity contribution in [3.63, 3.8) is 0 Å². The predicted molar refractivity (Wildman–Crippen MR) is 77.6 cm³/mol. The molecule has 2 aromatic rings. The molecule has 2 aromatic heterocycles. The average molecular weight is 323 g/mol. The minimum atomic E-state index is -3.97. The van der Waals surface area contributed by atoms with E-state index in [4.69, 9.17) is 0 Å². The first kappa shape index (κ1) is 14.8. The highest BCUT2D eigenvalue weighted by atomic mass is 32.2. The molecule has 0 fully saturated rings. The van der Waals surface area contributed by atoms with Gasteiger partial charge in [0.2, 0.25) is 0 Å². The average Bonchev–Trinajstić information content (AvgIpc) is 3.04. The van der Waals surface area contributed by atoms with E-state index in [1.807, 2.05) is 0 Å². The number of rotatable bonds is 3. The van der Waals surface area contributed by atoms with Crippen LogP contribution < -0.4 is 4.72 Å². The van der Waals surface area contributed by atoms with Crippen molar-refractivity contribution in [1.82, 2.24) is 24.1 Å². The molecule has 1 amide bonds. The quantitative estimate of drug-likeness (QED) is 0.877. The second kappa shape index (κ2) is 5.24. The molecule has 3 rings (SSSR count). The first-order chi connectivity index (χ1) is 10.4. The van der Waals surface area contributed by atoms with Gasteiger partial charge < -0.3 is 4.57 Å². The Morgan fingerprint density at radius 2 is 2.23 bits per heavy atom. The number of carbonyl (C=O) groups excluding carboxylic acids is 1. The molecule has 0 radical (unpaired) electrons. The Bertz CT molecular complexity index is 821. The lowest BCUT2D eigenvalue weighted by molar-refractivity contribution is 0.0979. The van der Waals surface area contributed by atoms with Gasteiger partial charge in [0.25, 0.3) is 15.9 Å². The molecule has 1 unspecified atom stereocenters. The summed E-state index contributed by atoms with van der Waals surface area (Å²) in [6, 6.07) is 0. The van der Waals surface area contributed by atoms with Gasteiger partial charge in [-0.25, -0.2) is 9.71 Å². The third kappa shape index (κ3) is 2.63. The van der Waals surface area contributed by atoms with Crippen molar-refractivity contribution in [2.45, 2.75) is 31.3 Å². The normalized spacial score (nSPS) is 18.0. The van der Waals surface area contributed by atoms with E-state index in [1.165, 1.54) is 23.3 Å². The summed E-state index contributed by atoms with van der Waals surface area (Å²) in [5, 5.41) is 3.98. The molecule has 0 saturated carbocycles. The summed E-state index contributed by atoms with van der Waals surface area (Å²) in [6.45, 7) is 2.85. The molecule has 0 spiro atoms. The summed E-state index contributed by atoms with van der Waals surface area (Å²) in [5.41, 5.74) is 1.10. The molecular formula is C13H17N5O3S. The number of nitrogens with zero attached hydrogens (tertiary/aromatic N) is 4. The maximum absolute atomic E-state index is 12.3. The summed E-state index contributed by atoms with van der Waals surface area (Å²) in [6.07, 6.45) is 5.85. The fraction of sp³-hybridized carbons (Fsp3) is 0.462. The Balaban J connectivity index is 1.85. The van der Waals surface area contributed by atoms with Gasteiger partial charge in [0.05, 0.1) is 23.8 Å². The Morgan fingerprint density at radius 3 is 2.91 bits per heavy atom. The number of imidazole rings is 1. The highest BCUT2D eigenvalue weighted by Gasteiger charge is 2.27. The summed E-state index contributed by atoms with van der Waals surface area (Å²) in [5.74, 6) is -0.218. The zero-order valence-electron chi connectivity index (χ0n) is 12.4. The van der Waals surface area contributed by atoms with Crippen LogP contribution in [0.1, 0.15) is 29.4 Å². The van der Waals surface area contributed by atoms with E-state index >= 15 is 0 Å². The Kier molecular flexibility index (Phi) is 3.51. The maximum atomic E-state index is 12.3. The highest BCUT2D eigenvalue weighted by Crippen LogP contribution is 2.22. The smallest absolute Gasteiger partial charge is 0.283 e. The third-order valence-electron chi connectivity index (χ3n) is 3.75. The van der Waals surface area contributed by atoms with Gasteiger partial charge in [-0.05, 0) is 18.8 Å². The van der Waals surface area contributed by atoms with Gasteiger partial charge in [-0.3, -0.25) is 9.48 Å². The molecule has 22 heavy (non-hydrogen) atoms. The Hall–Kier alpha value is -2.16. The van der Waals surface area contributed by atoms with Gasteiger partial charge >= 0.3 is 0 Å². The topological polar surface area (TPSA) is 98.9 Å². The Morgan fingerprint density at radius 1 is 1.45 bits per heavy atom. The van der Waals surface area contributed by atoms with E-state index in [9.17, 15) is 13.2 Å². The van der Waals surface area contributed by atoms with Crippen LogP contribution in [-0.4, -0.2) is 33.7 Å². The molecule has 3 heterocycles. The largest absolute Gasteiger partial charge is 0.339 e. The molecule has 1 aliphatic rings. The third-order valence-corrected chi connectivity index (χ3v) is 4.97. The molecule has 1 N–H and O–H groups in total. The van der Waals surface area contributed by atoms with Gasteiger partial charge in [0, 0.05) is 19.8 Å². The fourth-order valence-corrected chi connectivity index (χ4v) is 3.49. The summed E-state index contributed by atoms with van der Waals surface area (Å²) < 4.78 is 29.6. The highest BCUT2D eigenvalue weighted by molar-refractivity contribution is 7.90. The number of hydrogen-bond acceptors (Lipinski definition) is 5. The summed E-state index contributed by atoms with van der Waals surface area (Å²) in [7, 11) is -2.32. The van der Waals surface area contributed by atoms with Crippen LogP contribution in [0.2, 0.25) is 0 Å². The summed E-state index contributed by atoms with van der Waals surface area (Å²) in [4.78, 5) is 16.1. The van der Waals surface area contributed by atoms with E-state index in [-0.39, 0.29) is 5.03 Å². The molecular weight excluding hydrogens is 306 g/mol. The van der Waals surface area contributed by atoms with Gasteiger partial charge in [-0.2, -0.15) is 13.5 Å². The van der Waals surface area contributed by atoms with Crippen LogP contribution >= 0.6 is 0 Å². The zero-order chi connectivity index (χ0) is 15.9. The monoisotopic (exact) mass is 323 g/mol. The van der Waals surface area contributed by atoms with Crippen molar-refractivity contribution in [1.29, 1.82) is 0 Å². The molecule has 118 valence electrons. The number of nitrogens with one attached hydrogen (secondary N) is 1. The van der Waals surface area contributed by atoms with Crippen molar-refractivity contribution in [3.8, 4) is 0 Å². The lowest BCUT2D eigenvalue weighted by Gasteiger charge is -2.20. The van der Waals surface area contributed by atoms with Crippen molar-refractivity contribution in [3.05, 3.63) is 30.0 Å². The molecule has 0 aliphatic carbocycles. The maximum Gasteiger partial charge on any atom is 0.283 e. The van der Waals surface area contributed by atoms with Crippen molar-refractivity contribution in [2.24, 2.45) is 13.0 Å². The number of aromatic nitrogens is 4. The molecule has 1 aliphatic heterocycles. The van der Waals surface area contributed by atoms with E-state index in [0.29, 0.717) is 17.9 Å². The molecule has 9 heteroatoms. The molecule has 8 nitrogen and oxygen atoms in total.